The molecule has 88 valence electrons. The smallest absolute Gasteiger partial charge is 0.178 e. The van der Waals surface area contributed by atoms with Crippen LogP contribution in [-0.2, 0) is 0 Å². The molecule has 0 radical (unpaired) electrons. The number of hydrogen-bond acceptors (Lipinski definition) is 3. The fraction of sp³-hybridized carbons (Fsp3) is 0.286. The van der Waals surface area contributed by atoms with Gasteiger partial charge in [0.15, 0.2) is 5.78 Å². The van der Waals surface area contributed by atoms with Crippen LogP contribution >= 0.6 is 0 Å². The molecule has 0 fully saturated rings. The molecule has 3 heteroatoms. The zero-order valence-electron chi connectivity index (χ0n) is 9.94. The van der Waals surface area contributed by atoms with Gasteiger partial charge in [-0.3, -0.25) is 9.78 Å². The van der Waals surface area contributed by atoms with Crippen LogP contribution in [0.15, 0.2) is 36.5 Å². The second-order valence-corrected chi connectivity index (χ2v) is 4.02. The first-order chi connectivity index (χ1) is 8.31. The number of pyridine rings is 1. The number of hydrogen-bond donors (Lipinski definition) is 1. The van der Waals surface area contributed by atoms with Crippen LogP contribution in [0, 0.1) is 0 Å². The summed E-state index contributed by atoms with van der Waals surface area (Å²) in [6.45, 7) is 3.33. The van der Waals surface area contributed by atoms with E-state index in [1.807, 2.05) is 30.3 Å². The van der Waals surface area contributed by atoms with E-state index in [9.17, 15) is 4.79 Å². The molecule has 1 aromatic heterocycles. The van der Waals surface area contributed by atoms with E-state index in [1.54, 1.807) is 6.20 Å². The lowest BCUT2D eigenvalue weighted by Gasteiger charge is -2.03. The fourth-order valence-corrected chi connectivity index (χ4v) is 1.70. The van der Waals surface area contributed by atoms with Crippen LogP contribution in [0.4, 0.5) is 0 Å². The van der Waals surface area contributed by atoms with Gasteiger partial charge in [-0.1, -0.05) is 25.1 Å². The van der Waals surface area contributed by atoms with Gasteiger partial charge in [0.25, 0.3) is 0 Å². The molecule has 1 N–H and O–H groups in total. The summed E-state index contributed by atoms with van der Waals surface area (Å²) in [5.74, 6) is 0.0942. The van der Waals surface area contributed by atoms with Crippen LogP contribution < -0.4 is 5.32 Å². The summed E-state index contributed by atoms with van der Waals surface area (Å²) in [4.78, 5) is 16.1. The van der Waals surface area contributed by atoms with Crippen molar-refractivity contribution in [3.05, 3.63) is 42.1 Å². The van der Waals surface area contributed by atoms with Crippen molar-refractivity contribution in [3.63, 3.8) is 0 Å². The highest BCUT2D eigenvalue weighted by Gasteiger charge is 2.06. The van der Waals surface area contributed by atoms with Crippen LogP contribution in [0.2, 0.25) is 0 Å². The fourth-order valence-electron chi connectivity index (χ4n) is 1.70. The average Bonchev–Trinajstić information content (AvgIpc) is 2.38. The highest BCUT2D eigenvalue weighted by molar-refractivity contribution is 6.00. The molecule has 0 saturated carbocycles. The van der Waals surface area contributed by atoms with E-state index < -0.39 is 0 Å². The van der Waals surface area contributed by atoms with Gasteiger partial charge in [-0.2, -0.15) is 0 Å². The largest absolute Gasteiger partial charge is 0.310 e. The van der Waals surface area contributed by atoms with E-state index in [4.69, 9.17) is 0 Å². The van der Waals surface area contributed by atoms with Crippen molar-refractivity contribution in [1.29, 1.82) is 0 Å². The van der Waals surface area contributed by atoms with Crippen LogP contribution in [0.1, 0.15) is 23.7 Å². The molecule has 0 aliphatic carbocycles. The van der Waals surface area contributed by atoms with Gasteiger partial charge in [0.05, 0.1) is 12.1 Å². The molecule has 0 unspecified atom stereocenters. The van der Waals surface area contributed by atoms with E-state index in [-0.39, 0.29) is 5.78 Å². The molecule has 0 saturated heterocycles. The molecule has 0 spiro atoms. The Morgan fingerprint density at radius 2 is 2.18 bits per heavy atom. The number of para-hydroxylation sites is 1. The van der Waals surface area contributed by atoms with Crippen LogP contribution in [0.5, 0.6) is 0 Å². The molecule has 0 bridgehead atoms. The Kier molecular flexibility index (Phi) is 3.83. The maximum atomic E-state index is 11.9. The van der Waals surface area contributed by atoms with E-state index in [0.717, 1.165) is 23.9 Å². The number of benzene rings is 1. The van der Waals surface area contributed by atoms with Gasteiger partial charge < -0.3 is 5.32 Å². The third-order valence-electron chi connectivity index (χ3n) is 2.62. The highest BCUT2D eigenvalue weighted by atomic mass is 16.1. The summed E-state index contributed by atoms with van der Waals surface area (Å²) in [5.41, 5.74) is 1.60. The van der Waals surface area contributed by atoms with Gasteiger partial charge in [-0.15, -0.1) is 0 Å². The minimum absolute atomic E-state index is 0.0942. The van der Waals surface area contributed by atoms with Crippen molar-refractivity contribution in [2.75, 3.05) is 13.1 Å². The minimum atomic E-state index is 0.0942. The lowest BCUT2D eigenvalue weighted by atomic mass is 10.1. The second kappa shape index (κ2) is 5.55. The van der Waals surface area contributed by atoms with Gasteiger partial charge in [-0.25, -0.2) is 0 Å². The number of carbonyl (C=O) groups excluding carboxylic acids is 1. The first-order valence-corrected chi connectivity index (χ1v) is 5.90. The lowest BCUT2D eigenvalue weighted by molar-refractivity contribution is 0.0991. The predicted octanol–water partition coefficient (Wildman–Crippen LogP) is 2.42. The van der Waals surface area contributed by atoms with Gasteiger partial charge in [0.2, 0.25) is 0 Å². The Bertz CT molecular complexity index is 522. The molecule has 0 amide bonds. The molecule has 2 rings (SSSR count). The molecule has 3 nitrogen and oxygen atoms in total. The molecule has 0 aliphatic heterocycles. The molecular formula is C14H16N2O. The van der Waals surface area contributed by atoms with E-state index in [1.165, 1.54) is 0 Å². The van der Waals surface area contributed by atoms with Crippen molar-refractivity contribution in [1.82, 2.24) is 10.3 Å². The monoisotopic (exact) mass is 228 g/mol. The number of nitrogens with one attached hydrogen (secondary N) is 1. The molecule has 2 aromatic rings. The summed E-state index contributed by atoms with van der Waals surface area (Å²) < 4.78 is 0. The summed E-state index contributed by atoms with van der Waals surface area (Å²) in [6, 6.07) is 9.71. The minimum Gasteiger partial charge on any atom is -0.310 e. The number of aromatic nitrogens is 1. The van der Waals surface area contributed by atoms with Gasteiger partial charge in [0, 0.05) is 17.1 Å². The first kappa shape index (κ1) is 11.7. The Balaban J connectivity index is 2.15. The normalized spacial score (nSPS) is 10.6. The van der Waals surface area contributed by atoms with E-state index in [2.05, 4.69) is 17.2 Å². The summed E-state index contributed by atoms with van der Waals surface area (Å²) >= 11 is 0. The van der Waals surface area contributed by atoms with Crippen molar-refractivity contribution in [2.45, 2.75) is 13.3 Å². The Hall–Kier alpha value is -1.74. The number of carbonyl (C=O) groups is 1. The Morgan fingerprint density at radius 3 is 3.00 bits per heavy atom. The van der Waals surface area contributed by atoms with Gasteiger partial charge in [0.1, 0.15) is 0 Å². The number of nitrogens with zero attached hydrogens (tertiary/aromatic N) is 1. The van der Waals surface area contributed by atoms with Gasteiger partial charge in [-0.05, 0) is 25.1 Å². The topological polar surface area (TPSA) is 42.0 Å². The molecule has 1 heterocycles. The maximum Gasteiger partial charge on any atom is 0.178 e. The van der Waals surface area contributed by atoms with Gasteiger partial charge >= 0.3 is 0 Å². The third-order valence-corrected chi connectivity index (χ3v) is 2.62. The number of rotatable bonds is 5. The van der Waals surface area contributed by atoms with E-state index >= 15 is 0 Å². The first-order valence-electron chi connectivity index (χ1n) is 5.90. The van der Waals surface area contributed by atoms with Crippen LogP contribution in [0.3, 0.4) is 0 Å². The van der Waals surface area contributed by atoms with Crippen molar-refractivity contribution in [2.24, 2.45) is 0 Å². The molecule has 0 aliphatic rings. The number of Topliss-reactive ketones (excluding diaryl/α,β-unsaturated/α-hetero) is 1. The summed E-state index contributed by atoms with van der Waals surface area (Å²) in [5, 5.41) is 4.11. The number of fused-ring (bicyclic) bond motifs is 1. The molecular weight excluding hydrogens is 212 g/mol. The lowest BCUT2D eigenvalue weighted by Crippen LogP contribution is -2.23. The third kappa shape index (κ3) is 2.88. The zero-order valence-corrected chi connectivity index (χ0v) is 9.94. The SMILES string of the molecule is CCCNCC(=O)c1cnc2ccccc2c1. The second-order valence-electron chi connectivity index (χ2n) is 4.02. The highest BCUT2D eigenvalue weighted by Crippen LogP contribution is 2.12. The molecule has 0 atom stereocenters. The standard InChI is InChI=1S/C14H16N2O/c1-2-7-15-10-14(17)12-8-11-5-3-4-6-13(11)16-9-12/h3-6,8-9,15H,2,7,10H2,1H3. The van der Waals surface area contributed by atoms with Crippen LogP contribution in [0.25, 0.3) is 10.9 Å². The van der Waals surface area contributed by atoms with Crippen molar-refractivity contribution >= 4 is 16.7 Å². The average molecular weight is 228 g/mol. The van der Waals surface area contributed by atoms with Crippen molar-refractivity contribution < 1.29 is 4.79 Å². The number of ketones is 1. The Labute approximate surface area is 101 Å². The molecule has 17 heavy (non-hydrogen) atoms. The van der Waals surface area contributed by atoms with E-state index in [0.29, 0.717) is 12.1 Å². The Morgan fingerprint density at radius 1 is 1.35 bits per heavy atom. The summed E-state index contributed by atoms with van der Waals surface area (Å²) in [6.07, 6.45) is 2.68. The van der Waals surface area contributed by atoms with Crippen molar-refractivity contribution in [3.8, 4) is 0 Å². The molecule has 1 aromatic carbocycles. The van der Waals surface area contributed by atoms with Crippen LogP contribution in [-0.4, -0.2) is 23.9 Å². The zero-order chi connectivity index (χ0) is 12.1. The quantitative estimate of drug-likeness (QED) is 0.631. The summed E-state index contributed by atoms with van der Waals surface area (Å²) in [7, 11) is 0. The predicted molar refractivity (Wildman–Crippen MR) is 69.2 cm³/mol. The maximum absolute atomic E-state index is 11.9.